The van der Waals surface area contributed by atoms with E-state index in [1.165, 1.54) is 10.6 Å². The minimum absolute atomic E-state index is 0.214. The number of hydrogen-bond donors (Lipinski definition) is 1. The molecule has 0 saturated heterocycles. The zero-order valence-corrected chi connectivity index (χ0v) is 18.4. The van der Waals surface area contributed by atoms with Gasteiger partial charge >= 0.3 is 0 Å². The largest absolute Gasteiger partial charge is 0.486 e. The van der Waals surface area contributed by atoms with Crippen LogP contribution in [0.3, 0.4) is 0 Å². The van der Waals surface area contributed by atoms with E-state index in [0.29, 0.717) is 35.9 Å². The first-order chi connectivity index (χ1) is 15.4. The molecular weight excluding hydrogens is 428 g/mol. The molecule has 1 amide bonds. The zero-order valence-electron chi connectivity index (χ0n) is 17.6. The summed E-state index contributed by atoms with van der Waals surface area (Å²) in [6, 6.07) is 23.2. The van der Waals surface area contributed by atoms with Gasteiger partial charge in [-0.05, 0) is 42.0 Å². The van der Waals surface area contributed by atoms with Crippen molar-refractivity contribution in [2.75, 3.05) is 23.7 Å². The molecule has 1 heterocycles. The number of hydrogen-bond acceptors (Lipinski definition) is 5. The number of sulfonamides is 1. The maximum Gasteiger partial charge on any atom is 0.251 e. The zero-order chi connectivity index (χ0) is 22.6. The van der Waals surface area contributed by atoms with Gasteiger partial charge in [0.1, 0.15) is 12.7 Å². The quantitative estimate of drug-likeness (QED) is 0.595. The second-order valence-electron chi connectivity index (χ2n) is 7.51. The highest BCUT2D eigenvalue weighted by Crippen LogP contribution is 2.30. The van der Waals surface area contributed by atoms with Crippen LogP contribution >= 0.6 is 0 Å². The number of nitrogens with zero attached hydrogens (tertiary/aromatic N) is 1. The lowest BCUT2D eigenvalue weighted by Gasteiger charge is -2.26. The number of para-hydroxylation sites is 2. The molecule has 7 nitrogen and oxygen atoms in total. The van der Waals surface area contributed by atoms with E-state index in [0.717, 1.165) is 5.56 Å². The smallest absolute Gasteiger partial charge is 0.251 e. The summed E-state index contributed by atoms with van der Waals surface area (Å²) < 4.78 is 37.5. The first kappa shape index (κ1) is 21.7. The number of carbonyl (C=O) groups excluding carboxylic acids is 1. The second kappa shape index (κ2) is 9.32. The number of fused-ring (bicyclic) bond motifs is 1. The number of nitrogens with one attached hydrogen (secondary N) is 1. The molecule has 0 aliphatic carbocycles. The van der Waals surface area contributed by atoms with Gasteiger partial charge in [-0.3, -0.25) is 9.10 Å². The van der Waals surface area contributed by atoms with Gasteiger partial charge in [0.2, 0.25) is 10.0 Å². The minimum Gasteiger partial charge on any atom is -0.486 e. The molecule has 1 N–H and O–H groups in total. The van der Waals surface area contributed by atoms with Crippen molar-refractivity contribution in [2.24, 2.45) is 0 Å². The van der Waals surface area contributed by atoms with Crippen LogP contribution in [0, 0.1) is 0 Å². The van der Waals surface area contributed by atoms with Crippen LogP contribution in [0.2, 0.25) is 0 Å². The van der Waals surface area contributed by atoms with Gasteiger partial charge in [-0.15, -0.1) is 0 Å². The molecule has 3 aromatic rings. The van der Waals surface area contributed by atoms with Crippen molar-refractivity contribution in [3.8, 4) is 11.5 Å². The second-order valence-corrected chi connectivity index (χ2v) is 9.42. The normalized spacial score (nSPS) is 15.1. The molecule has 1 atom stereocenters. The van der Waals surface area contributed by atoms with E-state index in [4.69, 9.17) is 9.47 Å². The molecule has 1 aliphatic heterocycles. The fourth-order valence-electron chi connectivity index (χ4n) is 3.40. The Bertz CT molecular complexity index is 1180. The summed E-state index contributed by atoms with van der Waals surface area (Å²) in [5, 5.41) is 2.84. The molecule has 8 heteroatoms. The SMILES string of the molecule is CS(=O)(=O)N(Cc1ccccc1)c1ccc(C(=O)NC[C@H]2COc3ccccc3O2)cc1. The van der Waals surface area contributed by atoms with Gasteiger partial charge in [-0.1, -0.05) is 42.5 Å². The lowest BCUT2D eigenvalue weighted by Crippen LogP contribution is -2.40. The van der Waals surface area contributed by atoms with Crippen molar-refractivity contribution in [1.29, 1.82) is 0 Å². The summed E-state index contributed by atoms with van der Waals surface area (Å²) in [5.74, 6) is 1.08. The summed E-state index contributed by atoms with van der Waals surface area (Å²) >= 11 is 0. The highest BCUT2D eigenvalue weighted by atomic mass is 32.2. The van der Waals surface area contributed by atoms with Gasteiger partial charge in [-0.2, -0.15) is 0 Å². The van der Waals surface area contributed by atoms with Crippen molar-refractivity contribution in [1.82, 2.24) is 5.32 Å². The number of benzene rings is 3. The molecule has 0 spiro atoms. The topological polar surface area (TPSA) is 84.9 Å². The van der Waals surface area contributed by atoms with Crippen LogP contribution in [0.25, 0.3) is 0 Å². The molecule has 1 aliphatic rings. The standard InChI is InChI=1S/C24H24N2O5S/c1-32(28,29)26(16-18-7-3-2-4-8-18)20-13-11-19(12-14-20)24(27)25-15-21-17-30-22-9-5-6-10-23(22)31-21/h2-14,21H,15-17H2,1H3,(H,25,27)/t21-/m0/s1. The highest BCUT2D eigenvalue weighted by molar-refractivity contribution is 7.92. The van der Waals surface area contributed by atoms with Gasteiger partial charge in [0.25, 0.3) is 5.91 Å². The first-order valence-corrected chi connectivity index (χ1v) is 12.0. The van der Waals surface area contributed by atoms with Crippen LogP contribution in [-0.4, -0.2) is 39.8 Å². The number of carbonyl (C=O) groups is 1. The molecule has 0 bridgehead atoms. The number of rotatable bonds is 7. The Morgan fingerprint density at radius 1 is 0.969 bits per heavy atom. The Balaban J connectivity index is 1.39. The van der Waals surface area contributed by atoms with E-state index in [1.54, 1.807) is 24.3 Å². The lowest BCUT2D eigenvalue weighted by atomic mass is 10.1. The summed E-state index contributed by atoms with van der Waals surface area (Å²) in [6.45, 7) is 0.850. The van der Waals surface area contributed by atoms with Crippen LogP contribution in [0.15, 0.2) is 78.9 Å². The molecule has 0 fully saturated rings. The van der Waals surface area contributed by atoms with E-state index >= 15 is 0 Å². The molecule has 0 aromatic heterocycles. The summed E-state index contributed by atoms with van der Waals surface area (Å²) in [6.07, 6.45) is 0.876. The van der Waals surface area contributed by atoms with Crippen LogP contribution < -0.4 is 19.1 Å². The van der Waals surface area contributed by atoms with E-state index in [-0.39, 0.29) is 18.6 Å². The van der Waals surface area contributed by atoms with Crippen LogP contribution in [0.1, 0.15) is 15.9 Å². The lowest BCUT2D eigenvalue weighted by molar-refractivity contribution is 0.0789. The third-order valence-electron chi connectivity index (χ3n) is 5.04. The van der Waals surface area contributed by atoms with Gasteiger partial charge in [0.05, 0.1) is 25.0 Å². The average Bonchev–Trinajstić information content (AvgIpc) is 2.81. The fraction of sp³-hybridized carbons (Fsp3) is 0.208. The number of amides is 1. The molecule has 3 aromatic carbocycles. The maximum absolute atomic E-state index is 12.6. The van der Waals surface area contributed by atoms with Crippen molar-refractivity contribution in [3.63, 3.8) is 0 Å². The van der Waals surface area contributed by atoms with E-state index in [1.807, 2.05) is 54.6 Å². The van der Waals surface area contributed by atoms with Gasteiger partial charge in [-0.25, -0.2) is 8.42 Å². The Morgan fingerprint density at radius 2 is 1.62 bits per heavy atom. The van der Waals surface area contributed by atoms with Crippen molar-refractivity contribution < 1.29 is 22.7 Å². The molecular formula is C24H24N2O5S. The van der Waals surface area contributed by atoms with Crippen molar-refractivity contribution >= 4 is 21.6 Å². The highest BCUT2D eigenvalue weighted by Gasteiger charge is 2.22. The molecule has 0 unspecified atom stereocenters. The van der Waals surface area contributed by atoms with E-state index in [2.05, 4.69) is 5.32 Å². The predicted molar refractivity (Wildman–Crippen MR) is 123 cm³/mol. The van der Waals surface area contributed by atoms with Crippen LogP contribution in [0.4, 0.5) is 5.69 Å². The van der Waals surface area contributed by atoms with Gasteiger partial charge in [0.15, 0.2) is 11.5 Å². The molecule has 0 saturated carbocycles. The van der Waals surface area contributed by atoms with E-state index < -0.39 is 10.0 Å². The Morgan fingerprint density at radius 3 is 2.31 bits per heavy atom. The summed E-state index contributed by atoms with van der Waals surface area (Å²) in [4.78, 5) is 12.6. The molecule has 32 heavy (non-hydrogen) atoms. The van der Waals surface area contributed by atoms with Crippen LogP contribution in [0.5, 0.6) is 11.5 Å². The molecule has 0 radical (unpaired) electrons. The third kappa shape index (κ3) is 5.20. The fourth-order valence-corrected chi connectivity index (χ4v) is 4.29. The summed E-state index contributed by atoms with van der Waals surface area (Å²) in [5.41, 5.74) is 1.79. The van der Waals surface area contributed by atoms with Gasteiger partial charge in [0, 0.05) is 5.56 Å². The minimum atomic E-state index is -3.50. The Labute approximate surface area is 187 Å². The molecule has 4 rings (SSSR count). The maximum atomic E-state index is 12.6. The Kier molecular flexibility index (Phi) is 6.32. The van der Waals surface area contributed by atoms with E-state index in [9.17, 15) is 13.2 Å². The van der Waals surface area contributed by atoms with Gasteiger partial charge < -0.3 is 14.8 Å². The predicted octanol–water partition coefficient (Wildman–Crippen LogP) is 3.22. The van der Waals surface area contributed by atoms with Crippen molar-refractivity contribution in [3.05, 3.63) is 90.0 Å². The molecule has 166 valence electrons. The first-order valence-electron chi connectivity index (χ1n) is 10.2. The Hall–Kier alpha value is -3.52. The van der Waals surface area contributed by atoms with Crippen LogP contribution in [-0.2, 0) is 16.6 Å². The average molecular weight is 453 g/mol. The number of ether oxygens (including phenoxy) is 2. The summed E-state index contributed by atoms with van der Waals surface area (Å²) in [7, 11) is -3.50. The monoisotopic (exact) mass is 452 g/mol. The third-order valence-corrected chi connectivity index (χ3v) is 6.19. The van der Waals surface area contributed by atoms with Crippen molar-refractivity contribution in [2.45, 2.75) is 12.6 Å². The number of anilines is 1.